The zero-order chi connectivity index (χ0) is 26.3. The summed E-state index contributed by atoms with van der Waals surface area (Å²) in [7, 11) is 2.88. The van der Waals surface area contributed by atoms with Gasteiger partial charge in [0, 0.05) is 43.3 Å². The Morgan fingerprint density at radius 1 is 1.06 bits per heavy atom. The third-order valence-electron chi connectivity index (χ3n) is 6.28. The Bertz CT molecular complexity index is 1640. The second-order valence-electron chi connectivity index (χ2n) is 8.70. The zero-order valence-electron chi connectivity index (χ0n) is 20.7. The lowest BCUT2D eigenvalue weighted by molar-refractivity contribution is -0.142. The summed E-state index contributed by atoms with van der Waals surface area (Å²) in [5, 5.41) is 0. The highest BCUT2D eigenvalue weighted by Crippen LogP contribution is 2.23. The molecule has 1 aromatic carbocycles. The Morgan fingerprint density at radius 3 is 2.47 bits per heavy atom. The number of ketones is 1. The van der Waals surface area contributed by atoms with Crippen molar-refractivity contribution in [2.24, 2.45) is 14.1 Å². The van der Waals surface area contributed by atoms with Crippen molar-refractivity contribution in [1.29, 1.82) is 0 Å². The van der Waals surface area contributed by atoms with E-state index in [1.807, 2.05) is 6.92 Å². The van der Waals surface area contributed by atoms with E-state index in [4.69, 9.17) is 4.74 Å². The van der Waals surface area contributed by atoms with Crippen LogP contribution in [0.5, 0.6) is 0 Å². The standard InChI is InChI=1S/C25H26FN5O5/c1-14-6-7-17(11-19(14)26)31-15(2)10-18(16(31)3)20(32)12-36-21(33)8-9-30-13-27-23-22(30)24(34)29(5)25(35)28(23)4/h6-7,10-11,13H,8-9,12H2,1-5H3. The van der Waals surface area contributed by atoms with Crippen molar-refractivity contribution in [3.05, 3.63) is 79.8 Å². The number of aromatic nitrogens is 5. The van der Waals surface area contributed by atoms with Crippen LogP contribution in [-0.2, 0) is 30.2 Å². The van der Waals surface area contributed by atoms with Gasteiger partial charge in [0.25, 0.3) is 5.56 Å². The first-order valence-corrected chi connectivity index (χ1v) is 11.3. The number of rotatable bonds is 7. The van der Waals surface area contributed by atoms with Crippen molar-refractivity contribution < 1.29 is 18.7 Å². The molecule has 0 saturated heterocycles. The summed E-state index contributed by atoms with van der Waals surface area (Å²) in [6.45, 7) is 4.87. The second kappa shape index (κ2) is 9.40. The first kappa shape index (κ1) is 24.8. The molecule has 0 radical (unpaired) electrons. The maximum absolute atomic E-state index is 14.1. The van der Waals surface area contributed by atoms with Gasteiger partial charge in [-0.3, -0.25) is 23.5 Å². The van der Waals surface area contributed by atoms with Gasteiger partial charge in [-0.25, -0.2) is 14.2 Å². The molecule has 0 fully saturated rings. The average Bonchev–Trinajstić information content (AvgIpc) is 3.40. The van der Waals surface area contributed by atoms with Gasteiger partial charge in [-0.05, 0) is 44.5 Å². The Labute approximate surface area is 205 Å². The Balaban J connectivity index is 1.44. The number of benzene rings is 1. The number of esters is 1. The van der Waals surface area contributed by atoms with E-state index < -0.39 is 23.8 Å². The average molecular weight is 496 g/mol. The van der Waals surface area contributed by atoms with Gasteiger partial charge in [0.2, 0.25) is 5.78 Å². The van der Waals surface area contributed by atoms with Crippen LogP contribution in [0.15, 0.2) is 40.2 Å². The summed E-state index contributed by atoms with van der Waals surface area (Å²) in [6.07, 6.45) is 1.28. The van der Waals surface area contributed by atoms with Gasteiger partial charge in [-0.1, -0.05) is 6.07 Å². The van der Waals surface area contributed by atoms with Crippen LogP contribution in [-0.4, -0.2) is 41.6 Å². The summed E-state index contributed by atoms with van der Waals surface area (Å²) in [4.78, 5) is 53.8. The Morgan fingerprint density at radius 2 is 1.78 bits per heavy atom. The minimum atomic E-state index is -0.624. The molecule has 0 aliphatic heterocycles. The van der Waals surface area contributed by atoms with E-state index in [-0.39, 0.29) is 35.7 Å². The maximum atomic E-state index is 14.1. The quantitative estimate of drug-likeness (QED) is 0.287. The monoisotopic (exact) mass is 495 g/mol. The van der Waals surface area contributed by atoms with Crippen molar-refractivity contribution in [2.75, 3.05) is 6.61 Å². The predicted molar refractivity (Wildman–Crippen MR) is 130 cm³/mol. The van der Waals surface area contributed by atoms with Gasteiger partial charge in [0.1, 0.15) is 5.82 Å². The molecule has 4 aromatic rings. The minimum Gasteiger partial charge on any atom is -0.457 e. The number of hydrogen-bond acceptors (Lipinski definition) is 6. The van der Waals surface area contributed by atoms with Crippen LogP contribution in [0.25, 0.3) is 16.9 Å². The molecule has 4 rings (SSSR count). The van der Waals surface area contributed by atoms with E-state index in [2.05, 4.69) is 4.98 Å². The third kappa shape index (κ3) is 4.28. The lowest BCUT2D eigenvalue weighted by atomic mass is 10.1. The number of fused-ring (bicyclic) bond motifs is 1. The number of ether oxygens (including phenoxy) is 1. The van der Waals surface area contributed by atoms with Crippen molar-refractivity contribution in [3.63, 3.8) is 0 Å². The van der Waals surface area contributed by atoms with Crippen LogP contribution in [0.1, 0.15) is 33.7 Å². The smallest absolute Gasteiger partial charge is 0.332 e. The molecule has 0 unspecified atom stereocenters. The fourth-order valence-corrected chi connectivity index (χ4v) is 4.24. The van der Waals surface area contributed by atoms with Gasteiger partial charge in [-0.15, -0.1) is 0 Å². The molecule has 0 amide bonds. The first-order valence-electron chi connectivity index (χ1n) is 11.3. The Hall–Kier alpha value is -4.28. The summed E-state index contributed by atoms with van der Waals surface area (Å²) in [6, 6.07) is 6.54. The van der Waals surface area contributed by atoms with E-state index in [0.29, 0.717) is 22.5 Å². The fraction of sp³-hybridized carbons (Fsp3) is 0.320. The molecule has 0 atom stereocenters. The van der Waals surface area contributed by atoms with Crippen LogP contribution >= 0.6 is 0 Å². The molecule has 3 aromatic heterocycles. The molecule has 0 aliphatic rings. The number of nitrogens with zero attached hydrogens (tertiary/aromatic N) is 5. The highest BCUT2D eigenvalue weighted by Gasteiger charge is 2.19. The molecule has 0 bridgehead atoms. The van der Waals surface area contributed by atoms with Crippen LogP contribution < -0.4 is 11.2 Å². The molecule has 36 heavy (non-hydrogen) atoms. The zero-order valence-corrected chi connectivity index (χ0v) is 20.7. The number of hydrogen-bond donors (Lipinski definition) is 0. The number of halogens is 1. The van der Waals surface area contributed by atoms with E-state index in [0.717, 1.165) is 10.3 Å². The molecule has 11 heteroatoms. The van der Waals surface area contributed by atoms with Gasteiger partial charge >= 0.3 is 11.7 Å². The fourth-order valence-electron chi connectivity index (χ4n) is 4.24. The summed E-state index contributed by atoms with van der Waals surface area (Å²) >= 11 is 0. The third-order valence-corrected chi connectivity index (χ3v) is 6.28. The van der Waals surface area contributed by atoms with Crippen LogP contribution in [0, 0.1) is 26.6 Å². The summed E-state index contributed by atoms with van der Waals surface area (Å²) in [5.41, 5.74) is 2.26. The highest BCUT2D eigenvalue weighted by atomic mass is 19.1. The molecule has 188 valence electrons. The van der Waals surface area contributed by atoms with E-state index >= 15 is 0 Å². The van der Waals surface area contributed by atoms with Gasteiger partial charge in [0.15, 0.2) is 17.8 Å². The van der Waals surface area contributed by atoms with Crippen LogP contribution in [0.3, 0.4) is 0 Å². The van der Waals surface area contributed by atoms with Crippen molar-refractivity contribution >= 4 is 22.9 Å². The molecular formula is C25H26FN5O5. The van der Waals surface area contributed by atoms with Crippen LogP contribution in [0.4, 0.5) is 4.39 Å². The highest BCUT2D eigenvalue weighted by molar-refractivity contribution is 5.99. The normalized spacial score (nSPS) is 11.3. The van der Waals surface area contributed by atoms with E-state index in [1.54, 1.807) is 36.6 Å². The molecule has 0 spiro atoms. The van der Waals surface area contributed by atoms with Crippen LogP contribution in [0.2, 0.25) is 0 Å². The number of aryl methyl sites for hydroxylation is 4. The lowest BCUT2D eigenvalue weighted by Gasteiger charge is -2.11. The molecule has 3 heterocycles. The molecule has 0 saturated carbocycles. The van der Waals surface area contributed by atoms with Gasteiger partial charge in [0.05, 0.1) is 12.7 Å². The number of imidazole rings is 1. The second-order valence-corrected chi connectivity index (χ2v) is 8.70. The molecule has 0 N–H and O–H groups in total. The van der Waals surface area contributed by atoms with E-state index in [1.165, 1.54) is 35.6 Å². The molecule has 0 aliphatic carbocycles. The maximum Gasteiger partial charge on any atom is 0.332 e. The van der Waals surface area contributed by atoms with Crippen molar-refractivity contribution in [1.82, 2.24) is 23.3 Å². The SMILES string of the molecule is Cc1ccc(-n2c(C)cc(C(=O)COC(=O)CCn3cnc4c3c(=O)n(C)c(=O)n4C)c2C)cc1F. The van der Waals surface area contributed by atoms with Gasteiger partial charge in [-0.2, -0.15) is 0 Å². The predicted octanol–water partition coefficient (Wildman–Crippen LogP) is 2.10. The van der Waals surface area contributed by atoms with Crippen molar-refractivity contribution in [2.45, 2.75) is 33.7 Å². The summed E-state index contributed by atoms with van der Waals surface area (Å²) < 4.78 is 24.7. The van der Waals surface area contributed by atoms with E-state index in [9.17, 15) is 23.6 Å². The topological polar surface area (TPSA) is 110 Å². The molecule has 10 nitrogen and oxygen atoms in total. The lowest BCUT2D eigenvalue weighted by Crippen LogP contribution is -2.37. The van der Waals surface area contributed by atoms with Crippen molar-refractivity contribution in [3.8, 4) is 5.69 Å². The number of Topliss-reactive ketones (excluding diaryl/α,β-unsaturated/α-hetero) is 1. The largest absolute Gasteiger partial charge is 0.457 e. The minimum absolute atomic E-state index is 0.0878. The molecular weight excluding hydrogens is 469 g/mol. The Kier molecular flexibility index (Phi) is 6.49. The number of carbonyl (C=O) groups excluding carboxylic acids is 2. The van der Waals surface area contributed by atoms with Gasteiger partial charge < -0.3 is 13.9 Å². The first-order chi connectivity index (χ1) is 17.0. The number of carbonyl (C=O) groups is 2. The summed E-state index contributed by atoms with van der Waals surface area (Å²) in [5.74, 6) is -1.35.